The van der Waals surface area contributed by atoms with Crippen molar-refractivity contribution in [3.8, 4) is 11.5 Å². The van der Waals surface area contributed by atoms with E-state index in [1.165, 1.54) is 12.1 Å². The second-order valence-electron chi connectivity index (χ2n) is 5.95. The van der Waals surface area contributed by atoms with Crippen molar-refractivity contribution in [2.75, 3.05) is 6.79 Å². The number of aryl methyl sites for hydroxylation is 1. The maximum Gasteiger partial charge on any atom is 0.305 e. The zero-order valence-electron chi connectivity index (χ0n) is 14.2. The Bertz CT molecular complexity index is 1130. The van der Waals surface area contributed by atoms with Crippen LogP contribution in [0, 0.1) is 6.92 Å². The van der Waals surface area contributed by atoms with E-state index in [2.05, 4.69) is 10.9 Å². The number of nitrogens with one attached hydrogen (secondary N) is 2. The molecule has 0 saturated heterocycles. The van der Waals surface area contributed by atoms with Gasteiger partial charge in [-0.25, -0.2) is 0 Å². The molecule has 8 nitrogen and oxygen atoms in total. The summed E-state index contributed by atoms with van der Waals surface area (Å²) >= 11 is 0. The number of carbonyl (C=O) groups excluding carboxylic acids is 2. The summed E-state index contributed by atoms with van der Waals surface area (Å²) in [6, 6.07) is 10.8. The standard InChI is InChI=1S/C19H14N2O6/c1-10-2-4-14-12(6-10)13(22)8-17(27-14)19(24)21-20-18(23)11-3-5-15-16(7-11)26-9-25-15/h2-8H,9H2,1H3,(H,20,23)(H,21,24). The topological polar surface area (TPSA) is 107 Å². The molecule has 3 aromatic rings. The molecular formula is C19H14N2O6. The lowest BCUT2D eigenvalue weighted by Gasteiger charge is -2.08. The molecule has 2 amide bonds. The highest BCUT2D eigenvalue weighted by atomic mass is 16.7. The molecule has 0 fully saturated rings. The molecule has 0 bridgehead atoms. The van der Waals surface area contributed by atoms with Gasteiger partial charge in [0.25, 0.3) is 5.91 Å². The smallest absolute Gasteiger partial charge is 0.305 e. The van der Waals surface area contributed by atoms with Crippen LogP contribution in [0.15, 0.2) is 51.7 Å². The number of amides is 2. The van der Waals surface area contributed by atoms with E-state index < -0.39 is 11.8 Å². The third kappa shape index (κ3) is 3.20. The van der Waals surface area contributed by atoms with Gasteiger partial charge >= 0.3 is 5.91 Å². The van der Waals surface area contributed by atoms with Crippen LogP contribution in [0.1, 0.15) is 26.5 Å². The number of hydrogen-bond donors (Lipinski definition) is 2. The first-order valence-corrected chi connectivity index (χ1v) is 8.06. The number of benzene rings is 2. The third-order valence-electron chi connectivity index (χ3n) is 4.03. The van der Waals surface area contributed by atoms with Crippen LogP contribution in [-0.4, -0.2) is 18.6 Å². The van der Waals surface area contributed by atoms with Crippen molar-refractivity contribution >= 4 is 22.8 Å². The summed E-state index contributed by atoms with van der Waals surface area (Å²) in [7, 11) is 0. The predicted molar refractivity (Wildman–Crippen MR) is 94.7 cm³/mol. The van der Waals surface area contributed by atoms with E-state index in [1.807, 2.05) is 6.92 Å². The molecule has 1 aliphatic heterocycles. The van der Waals surface area contributed by atoms with Crippen molar-refractivity contribution in [2.45, 2.75) is 6.92 Å². The van der Waals surface area contributed by atoms with Crippen LogP contribution in [0.3, 0.4) is 0 Å². The van der Waals surface area contributed by atoms with Gasteiger partial charge in [-0.1, -0.05) is 11.6 Å². The van der Waals surface area contributed by atoms with E-state index in [0.717, 1.165) is 11.6 Å². The van der Waals surface area contributed by atoms with E-state index in [4.69, 9.17) is 13.9 Å². The molecule has 2 heterocycles. The van der Waals surface area contributed by atoms with Crippen LogP contribution in [0.5, 0.6) is 11.5 Å². The fraction of sp³-hybridized carbons (Fsp3) is 0.105. The monoisotopic (exact) mass is 366 g/mol. The number of hydrogen-bond acceptors (Lipinski definition) is 6. The molecule has 0 saturated carbocycles. The minimum atomic E-state index is -0.747. The minimum Gasteiger partial charge on any atom is -0.454 e. The van der Waals surface area contributed by atoms with Crippen molar-refractivity contribution in [2.24, 2.45) is 0 Å². The average molecular weight is 366 g/mol. The molecule has 27 heavy (non-hydrogen) atoms. The summed E-state index contributed by atoms with van der Waals surface area (Å²) in [6.45, 7) is 1.95. The normalized spacial score (nSPS) is 12.0. The number of ether oxygens (including phenoxy) is 2. The molecule has 2 aromatic carbocycles. The van der Waals surface area contributed by atoms with Gasteiger partial charge in [-0.15, -0.1) is 0 Å². The number of rotatable bonds is 2. The van der Waals surface area contributed by atoms with Crippen molar-refractivity contribution < 1.29 is 23.5 Å². The molecule has 8 heteroatoms. The molecule has 1 aromatic heterocycles. The van der Waals surface area contributed by atoms with Gasteiger partial charge in [-0.05, 0) is 37.3 Å². The van der Waals surface area contributed by atoms with Crippen LogP contribution < -0.4 is 25.8 Å². The number of carbonyl (C=O) groups is 2. The van der Waals surface area contributed by atoms with Gasteiger partial charge in [0.1, 0.15) is 5.58 Å². The fourth-order valence-electron chi connectivity index (χ4n) is 2.67. The fourth-order valence-corrected chi connectivity index (χ4v) is 2.67. The first-order valence-electron chi connectivity index (χ1n) is 8.06. The van der Waals surface area contributed by atoms with E-state index >= 15 is 0 Å². The van der Waals surface area contributed by atoms with Crippen LogP contribution >= 0.6 is 0 Å². The van der Waals surface area contributed by atoms with Crippen LogP contribution in [0.25, 0.3) is 11.0 Å². The van der Waals surface area contributed by atoms with Gasteiger partial charge in [0.15, 0.2) is 22.7 Å². The quantitative estimate of drug-likeness (QED) is 0.671. The Labute approximate surface area is 152 Å². The van der Waals surface area contributed by atoms with Gasteiger partial charge in [-0.3, -0.25) is 25.2 Å². The summed E-state index contributed by atoms with van der Waals surface area (Å²) in [5.74, 6) is -0.514. The summed E-state index contributed by atoms with van der Waals surface area (Å²) in [4.78, 5) is 36.6. The molecule has 136 valence electrons. The average Bonchev–Trinajstić information content (AvgIpc) is 3.14. The first kappa shape index (κ1) is 16.6. The second-order valence-corrected chi connectivity index (χ2v) is 5.95. The van der Waals surface area contributed by atoms with Crippen molar-refractivity contribution in [1.82, 2.24) is 10.9 Å². The highest BCUT2D eigenvalue weighted by Crippen LogP contribution is 2.32. The Morgan fingerprint density at radius 1 is 0.926 bits per heavy atom. The molecule has 0 unspecified atom stereocenters. The largest absolute Gasteiger partial charge is 0.454 e. The maximum absolute atomic E-state index is 12.2. The zero-order valence-corrected chi connectivity index (χ0v) is 14.2. The van der Waals surface area contributed by atoms with Crippen LogP contribution in [0.4, 0.5) is 0 Å². The molecular weight excluding hydrogens is 352 g/mol. The van der Waals surface area contributed by atoms with Crippen LogP contribution in [0.2, 0.25) is 0 Å². The van der Waals surface area contributed by atoms with E-state index in [9.17, 15) is 14.4 Å². The van der Waals surface area contributed by atoms with Gasteiger partial charge in [0.05, 0.1) is 5.39 Å². The van der Waals surface area contributed by atoms with E-state index in [0.29, 0.717) is 22.5 Å². The van der Waals surface area contributed by atoms with Crippen LogP contribution in [-0.2, 0) is 0 Å². The number of hydrazine groups is 1. The van der Waals surface area contributed by atoms with Gasteiger partial charge in [-0.2, -0.15) is 0 Å². The summed E-state index contributed by atoms with van der Waals surface area (Å²) in [6.07, 6.45) is 0. The minimum absolute atomic E-state index is 0.0949. The molecule has 4 rings (SSSR count). The SMILES string of the molecule is Cc1ccc2oc(C(=O)NNC(=O)c3ccc4c(c3)OCO4)cc(=O)c2c1. The van der Waals surface area contributed by atoms with E-state index in [-0.39, 0.29) is 23.5 Å². The van der Waals surface area contributed by atoms with Gasteiger partial charge < -0.3 is 13.9 Å². The zero-order chi connectivity index (χ0) is 19.0. The highest BCUT2D eigenvalue weighted by molar-refractivity contribution is 5.98. The summed E-state index contributed by atoms with van der Waals surface area (Å²) < 4.78 is 15.8. The molecule has 0 aliphatic carbocycles. The predicted octanol–water partition coefficient (Wildman–Crippen LogP) is 1.90. The Morgan fingerprint density at radius 3 is 2.56 bits per heavy atom. The Kier molecular flexibility index (Phi) is 4.00. The molecule has 0 spiro atoms. The third-order valence-corrected chi connectivity index (χ3v) is 4.03. The lowest BCUT2D eigenvalue weighted by molar-refractivity contribution is 0.0831. The number of fused-ring (bicyclic) bond motifs is 2. The molecule has 0 atom stereocenters. The molecule has 0 radical (unpaired) electrons. The highest BCUT2D eigenvalue weighted by Gasteiger charge is 2.17. The lowest BCUT2D eigenvalue weighted by atomic mass is 10.1. The lowest BCUT2D eigenvalue weighted by Crippen LogP contribution is -2.41. The summed E-state index contributed by atoms with van der Waals surface area (Å²) in [5, 5.41) is 0.385. The van der Waals surface area contributed by atoms with Crippen molar-refractivity contribution in [3.05, 3.63) is 69.6 Å². The summed E-state index contributed by atoms with van der Waals surface area (Å²) in [5.41, 5.74) is 5.62. The molecule has 2 N–H and O–H groups in total. The van der Waals surface area contributed by atoms with Gasteiger partial charge in [0.2, 0.25) is 6.79 Å². The van der Waals surface area contributed by atoms with Crippen molar-refractivity contribution in [1.29, 1.82) is 0 Å². The Balaban J connectivity index is 1.49. The first-order chi connectivity index (χ1) is 13.0. The van der Waals surface area contributed by atoms with Crippen molar-refractivity contribution in [3.63, 3.8) is 0 Å². The maximum atomic E-state index is 12.2. The Morgan fingerprint density at radius 2 is 1.70 bits per heavy atom. The second kappa shape index (κ2) is 6.49. The molecule has 1 aliphatic rings. The van der Waals surface area contributed by atoms with Gasteiger partial charge in [0, 0.05) is 11.6 Å². The Hall–Kier alpha value is -3.81. The van der Waals surface area contributed by atoms with E-state index in [1.54, 1.807) is 24.3 Å².